The lowest BCUT2D eigenvalue weighted by molar-refractivity contribution is -0.159. The van der Waals surface area contributed by atoms with E-state index in [2.05, 4.69) is 5.32 Å². The van der Waals surface area contributed by atoms with Crippen molar-refractivity contribution in [2.75, 3.05) is 26.8 Å². The number of carbonyl (C=O) groups excluding carboxylic acids is 2. The minimum Gasteiger partial charge on any atom is -0.481 e. The summed E-state index contributed by atoms with van der Waals surface area (Å²) in [4.78, 5) is 38.4. The molecule has 7 nitrogen and oxygen atoms in total. The highest BCUT2D eigenvalue weighted by Crippen LogP contribution is 2.32. The van der Waals surface area contributed by atoms with Crippen molar-refractivity contribution in [3.63, 3.8) is 0 Å². The molecule has 1 saturated heterocycles. The summed E-state index contributed by atoms with van der Waals surface area (Å²) in [5, 5.41) is 14.3. The first-order chi connectivity index (χ1) is 11.9. The predicted octanol–water partition coefficient (Wildman–Crippen LogP) is 1.66. The number of carboxylic acid groups (broad SMARTS) is 1. The summed E-state index contributed by atoms with van der Waals surface area (Å²) >= 11 is 1.47. The van der Waals surface area contributed by atoms with Crippen molar-refractivity contribution in [2.24, 2.45) is 5.41 Å². The number of piperidine rings is 1. The molecule has 2 N–H and O–H groups in total. The molecule has 0 aliphatic carbocycles. The number of nitrogens with one attached hydrogen (secondary N) is 1. The van der Waals surface area contributed by atoms with E-state index in [1.54, 1.807) is 4.90 Å². The van der Waals surface area contributed by atoms with Gasteiger partial charge in [-0.25, -0.2) is 0 Å². The van der Waals surface area contributed by atoms with Gasteiger partial charge in [-0.3, -0.25) is 14.4 Å². The van der Waals surface area contributed by atoms with Crippen LogP contribution < -0.4 is 5.32 Å². The second-order valence-electron chi connectivity index (χ2n) is 6.41. The number of carbonyl (C=O) groups is 3. The van der Waals surface area contributed by atoms with Gasteiger partial charge in [0.15, 0.2) is 0 Å². The van der Waals surface area contributed by atoms with E-state index in [4.69, 9.17) is 4.74 Å². The normalized spacial score (nSPS) is 21.6. The maximum absolute atomic E-state index is 12.7. The zero-order valence-electron chi connectivity index (χ0n) is 14.5. The Kier molecular flexibility index (Phi) is 6.55. The van der Waals surface area contributed by atoms with Gasteiger partial charge in [-0.1, -0.05) is 6.07 Å². The largest absolute Gasteiger partial charge is 0.481 e. The molecule has 0 bridgehead atoms. The van der Waals surface area contributed by atoms with Crippen molar-refractivity contribution in [1.82, 2.24) is 10.2 Å². The first-order valence-electron chi connectivity index (χ1n) is 8.18. The molecule has 1 aliphatic heterocycles. The van der Waals surface area contributed by atoms with Crippen LogP contribution in [0, 0.1) is 5.41 Å². The molecular weight excluding hydrogens is 344 g/mol. The lowest BCUT2D eigenvalue weighted by Crippen LogP contribution is -2.52. The maximum Gasteiger partial charge on any atom is 0.313 e. The van der Waals surface area contributed by atoms with Gasteiger partial charge in [-0.15, -0.1) is 11.3 Å². The van der Waals surface area contributed by atoms with Gasteiger partial charge in [-0.05, 0) is 24.3 Å². The minimum absolute atomic E-state index is 0.0756. The van der Waals surface area contributed by atoms with E-state index in [1.165, 1.54) is 25.4 Å². The molecule has 2 atom stereocenters. The molecule has 2 rings (SSSR count). The smallest absolute Gasteiger partial charge is 0.313 e. The number of ether oxygens (including phenoxy) is 1. The maximum atomic E-state index is 12.7. The molecule has 2 heterocycles. The van der Waals surface area contributed by atoms with Gasteiger partial charge in [0.1, 0.15) is 5.41 Å². The fourth-order valence-electron chi connectivity index (χ4n) is 3.24. The number of hydrogen-bond donors (Lipinski definition) is 2. The average Bonchev–Trinajstić information content (AvgIpc) is 3.08. The van der Waals surface area contributed by atoms with Crippen LogP contribution >= 0.6 is 11.3 Å². The zero-order chi connectivity index (χ0) is 18.4. The number of likely N-dealkylation sites (tertiary alicyclic amines) is 1. The van der Waals surface area contributed by atoms with E-state index in [9.17, 15) is 19.5 Å². The second kappa shape index (κ2) is 8.44. The second-order valence-corrected chi connectivity index (χ2v) is 7.39. The molecule has 2 amide bonds. The number of aliphatic carboxylic acids is 1. The third-order valence-electron chi connectivity index (χ3n) is 4.45. The van der Waals surface area contributed by atoms with Crippen LogP contribution in [0.4, 0.5) is 0 Å². The standard InChI is InChI=1S/C17H24N2O5S/c1-12(20)18-13(14-5-3-8-25-14)9-15(21)19-7-4-6-17(10-19,11-24-2)16(22)23/h3,5,8,13H,4,6-7,9-11H2,1-2H3,(H,18,20)(H,22,23). The van der Waals surface area contributed by atoms with Gasteiger partial charge in [0.2, 0.25) is 11.8 Å². The molecular formula is C17H24N2O5S. The van der Waals surface area contributed by atoms with Gasteiger partial charge < -0.3 is 20.1 Å². The molecule has 1 fully saturated rings. The number of methoxy groups -OCH3 is 1. The van der Waals surface area contributed by atoms with Gasteiger partial charge >= 0.3 is 5.97 Å². The first kappa shape index (κ1) is 19.4. The van der Waals surface area contributed by atoms with Crippen molar-refractivity contribution < 1.29 is 24.2 Å². The summed E-state index contributed by atoms with van der Waals surface area (Å²) in [6.07, 6.45) is 1.22. The molecule has 1 aromatic rings. The van der Waals surface area contributed by atoms with Crippen molar-refractivity contribution in [1.29, 1.82) is 0 Å². The Bertz CT molecular complexity index is 615. The Morgan fingerprint density at radius 2 is 2.24 bits per heavy atom. The summed E-state index contributed by atoms with van der Waals surface area (Å²) in [7, 11) is 1.47. The average molecular weight is 368 g/mol. The van der Waals surface area contributed by atoms with Crippen LogP contribution in [0.15, 0.2) is 17.5 Å². The lowest BCUT2D eigenvalue weighted by atomic mass is 9.80. The molecule has 0 spiro atoms. The quantitative estimate of drug-likeness (QED) is 0.763. The summed E-state index contributed by atoms with van der Waals surface area (Å²) in [5.41, 5.74) is -1.06. The van der Waals surface area contributed by atoms with Crippen molar-refractivity contribution in [3.8, 4) is 0 Å². The third kappa shape index (κ3) is 4.79. The van der Waals surface area contributed by atoms with E-state index in [0.717, 1.165) is 4.88 Å². The monoisotopic (exact) mass is 368 g/mol. The van der Waals surface area contributed by atoms with E-state index < -0.39 is 17.4 Å². The Morgan fingerprint density at radius 1 is 1.48 bits per heavy atom. The number of nitrogens with zero attached hydrogens (tertiary/aromatic N) is 1. The summed E-state index contributed by atoms with van der Waals surface area (Å²) in [6, 6.07) is 3.35. The highest BCUT2D eigenvalue weighted by molar-refractivity contribution is 7.10. The molecule has 0 radical (unpaired) electrons. The van der Waals surface area contributed by atoms with Crippen molar-refractivity contribution in [2.45, 2.75) is 32.2 Å². The van der Waals surface area contributed by atoms with Crippen LogP contribution in [0.5, 0.6) is 0 Å². The highest BCUT2D eigenvalue weighted by atomic mass is 32.1. The van der Waals surface area contributed by atoms with Crippen LogP contribution in [0.3, 0.4) is 0 Å². The minimum atomic E-state index is -1.06. The lowest BCUT2D eigenvalue weighted by Gasteiger charge is -2.39. The van der Waals surface area contributed by atoms with Gasteiger partial charge in [0, 0.05) is 32.0 Å². The molecule has 0 aromatic carbocycles. The van der Waals surface area contributed by atoms with E-state index >= 15 is 0 Å². The fourth-order valence-corrected chi connectivity index (χ4v) is 4.01. The molecule has 8 heteroatoms. The number of carboxylic acids is 1. The van der Waals surface area contributed by atoms with Crippen LogP contribution in [0.1, 0.15) is 37.1 Å². The van der Waals surface area contributed by atoms with Crippen molar-refractivity contribution >= 4 is 29.1 Å². The zero-order valence-corrected chi connectivity index (χ0v) is 15.3. The predicted molar refractivity (Wildman–Crippen MR) is 93.3 cm³/mol. The number of thiophene rings is 1. The Balaban J connectivity index is 2.10. The highest BCUT2D eigenvalue weighted by Gasteiger charge is 2.44. The van der Waals surface area contributed by atoms with Crippen LogP contribution in [0.2, 0.25) is 0 Å². The number of hydrogen-bond acceptors (Lipinski definition) is 5. The Morgan fingerprint density at radius 3 is 2.80 bits per heavy atom. The fraction of sp³-hybridized carbons (Fsp3) is 0.588. The molecule has 138 valence electrons. The summed E-state index contributed by atoms with van der Waals surface area (Å²) in [6.45, 7) is 2.15. The van der Waals surface area contributed by atoms with Crippen LogP contribution in [-0.4, -0.2) is 54.6 Å². The first-order valence-corrected chi connectivity index (χ1v) is 9.06. The van der Waals surface area contributed by atoms with E-state index in [0.29, 0.717) is 19.4 Å². The van der Waals surface area contributed by atoms with Crippen LogP contribution in [0.25, 0.3) is 0 Å². The molecule has 1 aliphatic rings. The van der Waals surface area contributed by atoms with E-state index in [-0.39, 0.29) is 31.4 Å². The summed E-state index contributed by atoms with van der Waals surface area (Å²) < 4.78 is 5.09. The van der Waals surface area contributed by atoms with Crippen molar-refractivity contribution in [3.05, 3.63) is 22.4 Å². The third-order valence-corrected chi connectivity index (χ3v) is 5.43. The number of amides is 2. The Labute approximate surface area is 151 Å². The van der Waals surface area contributed by atoms with Gasteiger partial charge in [0.05, 0.1) is 19.1 Å². The SMILES string of the molecule is COCC1(C(=O)O)CCCN(C(=O)CC(NC(C)=O)c2cccs2)C1. The van der Waals surface area contributed by atoms with Gasteiger partial charge in [0.25, 0.3) is 0 Å². The van der Waals surface area contributed by atoms with Gasteiger partial charge in [-0.2, -0.15) is 0 Å². The van der Waals surface area contributed by atoms with E-state index in [1.807, 2.05) is 17.5 Å². The molecule has 25 heavy (non-hydrogen) atoms. The Hall–Kier alpha value is -1.93. The topological polar surface area (TPSA) is 95.9 Å². The van der Waals surface area contributed by atoms with Crippen LogP contribution in [-0.2, 0) is 19.1 Å². The molecule has 2 unspecified atom stereocenters. The molecule has 1 aromatic heterocycles. The summed E-state index contributed by atoms with van der Waals surface area (Å²) in [5.74, 6) is -1.30. The molecule has 0 saturated carbocycles. The number of rotatable bonds is 7.